The first-order valence-corrected chi connectivity index (χ1v) is 8.70. The number of rotatable bonds is 8. The number of benzene rings is 1. The summed E-state index contributed by atoms with van der Waals surface area (Å²) in [4.78, 5) is 24.9. The number of carboxylic acids is 1. The van der Waals surface area contributed by atoms with E-state index in [2.05, 4.69) is 5.32 Å². The Kier molecular flexibility index (Phi) is 5.50. The Morgan fingerprint density at radius 2 is 1.77 bits per heavy atom. The molecule has 2 aliphatic carbocycles. The van der Waals surface area contributed by atoms with Gasteiger partial charge in [0.1, 0.15) is 5.82 Å². The van der Waals surface area contributed by atoms with Crippen LogP contribution in [-0.2, 0) is 16.0 Å². The second kappa shape index (κ2) is 7.65. The van der Waals surface area contributed by atoms with Gasteiger partial charge < -0.3 is 10.4 Å². The average Bonchev–Trinajstić information content (AvgIpc) is 3.31. The van der Waals surface area contributed by atoms with E-state index in [0.29, 0.717) is 30.9 Å². The van der Waals surface area contributed by atoms with E-state index in [4.69, 9.17) is 5.11 Å². The first-order valence-electron chi connectivity index (χ1n) is 8.70. The van der Waals surface area contributed by atoms with Crippen molar-refractivity contribution in [3.05, 3.63) is 35.1 Å². The Morgan fingerprint density at radius 3 is 2.38 bits per heavy atom. The summed E-state index contributed by atoms with van der Waals surface area (Å²) < 4.78 is 39.7. The number of amides is 1. The Hall–Kier alpha value is -2.09. The predicted molar refractivity (Wildman–Crippen MR) is 86.9 cm³/mol. The molecule has 142 valence electrons. The molecule has 2 fully saturated rings. The van der Waals surface area contributed by atoms with Gasteiger partial charge in [0.15, 0.2) is 11.6 Å². The van der Waals surface area contributed by atoms with Crippen LogP contribution in [0.5, 0.6) is 0 Å². The highest BCUT2D eigenvalue weighted by Gasteiger charge is 2.37. The summed E-state index contributed by atoms with van der Waals surface area (Å²) in [6.45, 7) is 0.750. The van der Waals surface area contributed by atoms with E-state index in [9.17, 15) is 22.8 Å². The Labute approximate surface area is 149 Å². The fourth-order valence-corrected chi connectivity index (χ4v) is 3.30. The van der Waals surface area contributed by atoms with Crippen LogP contribution in [0, 0.1) is 23.4 Å². The van der Waals surface area contributed by atoms with E-state index in [-0.39, 0.29) is 30.6 Å². The van der Waals surface area contributed by atoms with Crippen molar-refractivity contribution in [3.63, 3.8) is 0 Å². The largest absolute Gasteiger partial charge is 0.480 e. The Bertz CT molecular complexity index is 703. The highest BCUT2D eigenvalue weighted by atomic mass is 19.2. The smallest absolute Gasteiger partial charge is 0.317 e. The van der Waals surface area contributed by atoms with E-state index in [0.717, 1.165) is 19.4 Å². The van der Waals surface area contributed by atoms with Crippen LogP contribution in [-0.4, -0.2) is 47.1 Å². The number of hydrogen-bond donors (Lipinski definition) is 2. The van der Waals surface area contributed by atoms with E-state index >= 15 is 0 Å². The van der Waals surface area contributed by atoms with Gasteiger partial charge in [-0.3, -0.25) is 14.5 Å². The quantitative estimate of drug-likeness (QED) is 0.688. The molecule has 2 saturated carbocycles. The number of nitrogens with one attached hydrogen (secondary N) is 1. The fourth-order valence-electron chi connectivity index (χ4n) is 3.30. The number of nitrogens with zero attached hydrogens (tertiary/aromatic N) is 1. The SMILES string of the molecule is O=C(O)CN(CC1CC1)C1CC(NC(=O)Cc2cc(F)c(F)cc2F)C1. The van der Waals surface area contributed by atoms with Gasteiger partial charge in [0, 0.05) is 30.3 Å². The third kappa shape index (κ3) is 4.75. The molecule has 0 aromatic heterocycles. The van der Waals surface area contributed by atoms with Gasteiger partial charge >= 0.3 is 5.97 Å². The van der Waals surface area contributed by atoms with Crippen molar-refractivity contribution >= 4 is 11.9 Å². The standard InChI is InChI=1S/C18H21F3N2O3/c19-14-7-16(21)15(20)3-11(14)4-17(24)22-12-5-13(6-12)23(9-18(25)26)8-10-1-2-10/h3,7,10,12-13H,1-2,4-6,8-9H2,(H,22,24)(H,25,26). The molecular weight excluding hydrogens is 349 g/mol. The second-order valence-corrected chi connectivity index (χ2v) is 7.19. The van der Waals surface area contributed by atoms with Crippen LogP contribution < -0.4 is 5.32 Å². The maximum atomic E-state index is 13.6. The molecular formula is C18H21F3N2O3. The third-order valence-corrected chi connectivity index (χ3v) is 4.96. The summed E-state index contributed by atoms with van der Waals surface area (Å²) in [5.41, 5.74) is -0.196. The molecule has 1 aromatic carbocycles. The van der Waals surface area contributed by atoms with Gasteiger partial charge in [0.2, 0.25) is 5.91 Å². The van der Waals surface area contributed by atoms with Gasteiger partial charge in [0.25, 0.3) is 0 Å². The minimum absolute atomic E-state index is 0.0120. The zero-order valence-electron chi connectivity index (χ0n) is 14.2. The van der Waals surface area contributed by atoms with E-state index in [1.165, 1.54) is 0 Å². The summed E-state index contributed by atoms with van der Waals surface area (Å²) >= 11 is 0. The lowest BCUT2D eigenvalue weighted by Crippen LogP contribution is -2.55. The summed E-state index contributed by atoms with van der Waals surface area (Å²) in [6.07, 6.45) is 3.15. The molecule has 0 bridgehead atoms. The van der Waals surface area contributed by atoms with Crippen LogP contribution in [0.25, 0.3) is 0 Å². The van der Waals surface area contributed by atoms with Crippen LogP contribution in [0.1, 0.15) is 31.2 Å². The lowest BCUT2D eigenvalue weighted by Gasteiger charge is -2.42. The lowest BCUT2D eigenvalue weighted by molar-refractivity contribution is -0.140. The minimum Gasteiger partial charge on any atom is -0.480 e. The monoisotopic (exact) mass is 370 g/mol. The van der Waals surface area contributed by atoms with Crippen LogP contribution in [0.4, 0.5) is 13.2 Å². The molecule has 1 aromatic rings. The van der Waals surface area contributed by atoms with E-state index in [1.54, 1.807) is 0 Å². The van der Waals surface area contributed by atoms with Crippen molar-refractivity contribution in [2.45, 2.75) is 44.2 Å². The van der Waals surface area contributed by atoms with Gasteiger partial charge in [-0.1, -0.05) is 0 Å². The fraction of sp³-hybridized carbons (Fsp3) is 0.556. The van der Waals surface area contributed by atoms with Crippen molar-refractivity contribution in [1.82, 2.24) is 10.2 Å². The average molecular weight is 370 g/mol. The molecule has 0 heterocycles. The molecule has 0 aliphatic heterocycles. The number of carbonyl (C=O) groups is 2. The molecule has 26 heavy (non-hydrogen) atoms. The Morgan fingerprint density at radius 1 is 1.12 bits per heavy atom. The van der Waals surface area contributed by atoms with Gasteiger partial charge in [-0.05, 0) is 37.7 Å². The summed E-state index contributed by atoms with van der Waals surface area (Å²) in [5.74, 6) is -4.20. The van der Waals surface area contributed by atoms with Crippen molar-refractivity contribution in [1.29, 1.82) is 0 Å². The van der Waals surface area contributed by atoms with Crippen molar-refractivity contribution < 1.29 is 27.9 Å². The molecule has 5 nitrogen and oxygen atoms in total. The summed E-state index contributed by atoms with van der Waals surface area (Å²) in [7, 11) is 0. The molecule has 0 radical (unpaired) electrons. The number of halogens is 3. The second-order valence-electron chi connectivity index (χ2n) is 7.19. The zero-order chi connectivity index (χ0) is 18.8. The molecule has 0 unspecified atom stereocenters. The van der Waals surface area contributed by atoms with Crippen molar-refractivity contribution in [2.24, 2.45) is 5.92 Å². The molecule has 3 rings (SSSR count). The molecule has 8 heteroatoms. The minimum atomic E-state index is -1.29. The third-order valence-electron chi connectivity index (χ3n) is 4.96. The molecule has 2 aliphatic rings. The highest BCUT2D eigenvalue weighted by Crippen LogP contribution is 2.33. The number of carbonyl (C=O) groups excluding carboxylic acids is 1. The first kappa shape index (κ1) is 18.7. The van der Waals surface area contributed by atoms with Crippen molar-refractivity contribution in [3.8, 4) is 0 Å². The van der Waals surface area contributed by atoms with Gasteiger partial charge in [0.05, 0.1) is 13.0 Å². The van der Waals surface area contributed by atoms with Crippen molar-refractivity contribution in [2.75, 3.05) is 13.1 Å². The number of aliphatic carboxylic acids is 1. The molecule has 1 amide bonds. The molecule has 0 spiro atoms. The van der Waals surface area contributed by atoms with Crippen LogP contribution in [0.15, 0.2) is 12.1 Å². The van der Waals surface area contributed by atoms with Gasteiger partial charge in [-0.15, -0.1) is 0 Å². The number of carboxylic acid groups (broad SMARTS) is 1. The first-order chi connectivity index (χ1) is 12.3. The lowest BCUT2D eigenvalue weighted by atomic mass is 9.85. The zero-order valence-corrected chi connectivity index (χ0v) is 14.2. The molecule has 0 atom stereocenters. The van der Waals surface area contributed by atoms with Gasteiger partial charge in [-0.2, -0.15) is 0 Å². The Balaban J connectivity index is 1.47. The molecule has 0 saturated heterocycles. The topological polar surface area (TPSA) is 69.6 Å². The molecule has 2 N–H and O–H groups in total. The van der Waals surface area contributed by atoms with Crippen LogP contribution in [0.2, 0.25) is 0 Å². The normalized spacial score (nSPS) is 22.2. The van der Waals surface area contributed by atoms with E-state index < -0.39 is 29.3 Å². The van der Waals surface area contributed by atoms with E-state index in [1.807, 2.05) is 4.90 Å². The van der Waals surface area contributed by atoms with Crippen LogP contribution in [0.3, 0.4) is 0 Å². The summed E-state index contributed by atoms with van der Waals surface area (Å²) in [5, 5.41) is 11.8. The maximum absolute atomic E-state index is 13.6. The van der Waals surface area contributed by atoms with Crippen LogP contribution >= 0.6 is 0 Å². The number of hydrogen-bond acceptors (Lipinski definition) is 3. The van der Waals surface area contributed by atoms with Gasteiger partial charge in [-0.25, -0.2) is 13.2 Å². The predicted octanol–water partition coefficient (Wildman–Crippen LogP) is 2.09. The highest BCUT2D eigenvalue weighted by molar-refractivity contribution is 5.79. The summed E-state index contributed by atoms with van der Waals surface area (Å²) in [6, 6.07) is 1.12. The maximum Gasteiger partial charge on any atom is 0.317 e.